The minimum absolute atomic E-state index is 0.104. The number of hydrogen-bond acceptors (Lipinski definition) is 3. The molecule has 13 heavy (non-hydrogen) atoms. The molecule has 5 heteroatoms. The summed E-state index contributed by atoms with van der Waals surface area (Å²) in [5.41, 5.74) is 0. The first kappa shape index (κ1) is 12.4. The molecule has 0 aromatic rings. The second-order valence-electron chi connectivity index (χ2n) is 3.18. The van der Waals surface area contributed by atoms with E-state index in [1.807, 2.05) is 0 Å². The number of nitrogens with zero attached hydrogens (tertiary/aromatic N) is 2. The predicted octanol–water partition coefficient (Wildman–Crippen LogP) is 0.959. The van der Waals surface area contributed by atoms with E-state index in [0.717, 1.165) is 0 Å². The Kier molecular flexibility index (Phi) is 4.37. The summed E-state index contributed by atoms with van der Waals surface area (Å²) >= 11 is 0. The highest BCUT2D eigenvalue weighted by Crippen LogP contribution is 2.12. The van der Waals surface area contributed by atoms with Crippen LogP contribution < -0.4 is 0 Å². The fourth-order valence-corrected chi connectivity index (χ4v) is 2.41. The van der Waals surface area contributed by atoms with Crippen LogP contribution in [-0.4, -0.2) is 31.1 Å². The maximum Gasteiger partial charge on any atom is 0.230 e. The molecule has 1 atom stereocenters. The number of hydrogen-bond donors (Lipinski definition) is 0. The van der Waals surface area contributed by atoms with E-state index in [0.29, 0.717) is 6.42 Å². The van der Waals surface area contributed by atoms with Gasteiger partial charge in [-0.15, -0.1) is 0 Å². The molecule has 0 amide bonds. The lowest BCUT2D eigenvalue weighted by Gasteiger charge is -2.22. The Morgan fingerprint density at radius 2 is 1.92 bits per heavy atom. The predicted molar refractivity (Wildman–Crippen MR) is 51.5 cm³/mol. The van der Waals surface area contributed by atoms with Crippen LogP contribution in [0.1, 0.15) is 27.2 Å². The van der Waals surface area contributed by atoms with Gasteiger partial charge < -0.3 is 0 Å². The Hall–Kier alpha value is -0.600. The SMILES string of the molecule is CCC(C#N)S(=O)(=O)N(C)C(C)C. The van der Waals surface area contributed by atoms with Crippen LogP contribution in [0.2, 0.25) is 0 Å². The van der Waals surface area contributed by atoms with E-state index in [4.69, 9.17) is 5.26 Å². The van der Waals surface area contributed by atoms with Gasteiger partial charge in [-0.3, -0.25) is 0 Å². The van der Waals surface area contributed by atoms with Crippen molar-refractivity contribution >= 4 is 10.0 Å². The number of rotatable bonds is 4. The normalized spacial score (nSPS) is 14.5. The van der Waals surface area contributed by atoms with Crippen molar-refractivity contribution in [2.45, 2.75) is 38.5 Å². The molecule has 0 spiro atoms. The van der Waals surface area contributed by atoms with Gasteiger partial charge in [0.15, 0.2) is 5.25 Å². The summed E-state index contributed by atoms with van der Waals surface area (Å²) in [7, 11) is -1.93. The van der Waals surface area contributed by atoms with Gasteiger partial charge in [-0.2, -0.15) is 5.26 Å². The molecule has 0 aromatic carbocycles. The lowest BCUT2D eigenvalue weighted by atomic mass is 10.4. The van der Waals surface area contributed by atoms with Gasteiger partial charge in [-0.1, -0.05) is 6.92 Å². The Balaban J connectivity index is 4.88. The first-order valence-electron chi connectivity index (χ1n) is 4.24. The van der Waals surface area contributed by atoms with Crippen molar-refractivity contribution in [3.8, 4) is 6.07 Å². The third kappa shape index (κ3) is 2.68. The summed E-state index contributed by atoms with van der Waals surface area (Å²) < 4.78 is 24.5. The van der Waals surface area contributed by atoms with Crippen LogP contribution in [0.5, 0.6) is 0 Å². The molecule has 0 aliphatic rings. The Labute approximate surface area is 80.2 Å². The van der Waals surface area contributed by atoms with Gasteiger partial charge in [-0.25, -0.2) is 12.7 Å². The van der Waals surface area contributed by atoms with Crippen molar-refractivity contribution in [2.75, 3.05) is 7.05 Å². The minimum Gasteiger partial charge on any atom is -0.211 e. The van der Waals surface area contributed by atoms with Crippen molar-refractivity contribution in [1.29, 1.82) is 5.26 Å². The van der Waals surface area contributed by atoms with E-state index in [9.17, 15) is 8.42 Å². The zero-order chi connectivity index (χ0) is 10.6. The molecule has 0 saturated heterocycles. The molecule has 0 N–H and O–H groups in total. The molecule has 4 nitrogen and oxygen atoms in total. The summed E-state index contributed by atoms with van der Waals surface area (Å²) in [5.74, 6) is 0. The summed E-state index contributed by atoms with van der Waals surface area (Å²) in [6.07, 6.45) is 0.329. The third-order valence-corrected chi connectivity index (χ3v) is 4.39. The van der Waals surface area contributed by atoms with Gasteiger partial charge in [-0.05, 0) is 20.3 Å². The maximum atomic E-state index is 11.6. The van der Waals surface area contributed by atoms with Gasteiger partial charge in [0.05, 0.1) is 6.07 Å². The molecular weight excluding hydrogens is 188 g/mol. The monoisotopic (exact) mass is 204 g/mol. The Bertz CT molecular complexity index is 290. The Morgan fingerprint density at radius 3 is 2.15 bits per heavy atom. The molecule has 0 saturated carbocycles. The first-order chi connectivity index (χ1) is 5.87. The van der Waals surface area contributed by atoms with Gasteiger partial charge >= 0.3 is 0 Å². The van der Waals surface area contributed by atoms with E-state index in [2.05, 4.69) is 0 Å². The van der Waals surface area contributed by atoms with Gasteiger partial charge in [0, 0.05) is 13.1 Å². The van der Waals surface area contributed by atoms with Crippen molar-refractivity contribution < 1.29 is 8.42 Å². The molecule has 0 bridgehead atoms. The average molecular weight is 204 g/mol. The smallest absolute Gasteiger partial charge is 0.211 e. The second kappa shape index (κ2) is 4.58. The van der Waals surface area contributed by atoms with Crippen LogP contribution in [0.4, 0.5) is 0 Å². The van der Waals surface area contributed by atoms with E-state index >= 15 is 0 Å². The van der Waals surface area contributed by atoms with E-state index in [1.165, 1.54) is 11.4 Å². The highest BCUT2D eigenvalue weighted by Gasteiger charge is 2.29. The lowest BCUT2D eigenvalue weighted by molar-refractivity contribution is 0.406. The van der Waals surface area contributed by atoms with Crippen molar-refractivity contribution in [1.82, 2.24) is 4.31 Å². The molecule has 0 rings (SSSR count). The van der Waals surface area contributed by atoms with Crippen molar-refractivity contribution in [3.63, 3.8) is 0 Å². The fraction of sp³-hybridized carbons (Fsp3) is 0.875. The van der Waals surface area contributed by atoms with E-state index < -0.39 is 15.3 Å². The fourth-order valence-electron chi connectivity index (χ4n) is 0.863. The summed E-state index contributed by atoms with van der Waals surface area (Å²) in [6, 6.07) is 1.69. The number of nitriles is 1. The maximum absolute atomic E-state index is 11.6. The lowest BCUT2D eigenvalue weighted by Crippen LogP contribution is -2.39. The highest BCUT2D eigenvalue weighted by molar-refractivity contribution is 7.90. The highest BCUT2D eigenvalue weighted by atomic mass is 32.2. The molecule has 0 aliphatic heterocycles. The quantitative estimate of drug-likeness (QED) is 0.685. The molecular formula is C8H16N2O2S. The molecule has 0 fully saturated rings. The van der Waals surface area contributed by atoms with Crippen molar-refractivity contribution in [3.05, 3.63) is 0 Å². The van der Waals surface area contributed by atoms with Gasteiger partial charge in [0.1, 0.15) is 0 Å². The van der Waals surface area contributed by atoms with Crippen LogP contribution in [0.25, 0.3) is 0 Å². The van der Waals surface area contributed by atoms with Gasteiger partial charge in [0.25, 0.3) is 0 Å². The molecule has 0 heterocycles. The van der Waals surface area contributed by atoms with E-state index in [1.54, 1.807) is 26.8 Å². The van der Waals surface area contributed by atoms with Crippen LogP contribution in [0.15, 0.2) is 0 Å². The zero-order valence-corrected chi connectivity index (χ0v) is 9.30. The largest absolute Gasteiger partial charge is 0.230 e. The molecule has 0 aromatic heterocycles. The first-order valence-corrected chi connectivity index (χ1v) is 5.74. The molecule has 0 aliphatic carbocycles. The zero-order valence-electron chi connectivity index (χ0n) is 8.48. The van der Waals surface area contributed by atoms with Gasteiger partial charge in [0.2, 0.25) is 10.0 Å². The molecule has 0 radical (unpaired) electrons. The van der Waals surface area contributed by atoms with Crippen LogP contribution in [0, 0.1) is 11.3 Å². The van der Waals surface area contributed by atoms with Crippen molar-refractivity contribution in [2.24, 2.45) is 0 Å². The summed E-state index contributed by atoms with van der Waals surface area (Å²) in [4.78, 5) is 0. The van der Waals surface area contributed by atoms with Crippen LogP contribution in [-0.2, 0) is 10.0 Å². The second-order valence-corrected chi connectivity index (χ2v) is 5.36. The standard InChI is InChI=1S/C8H16N2O2S/c1-5-8(6-9)13(11,12)10(4)7(2)3/h7-8H,5H2,1-4H3. The average Bonchev–Trinajstić information content (AvgIpc) is 2.04. The summed E-state index contributed by atoms with van der Waals surface area (Å²) in [5, 5.41) is 7.72. The number of sulfonamides is 1. The summed E-state index contributed by atoms with van der Waals surface area (Å²) in [6.45, 7) is 5.25. The van der Waals surface area contributed by atoms with Crippen LogP contribution in [0.3, 0.4) is 0 Å². The van der Waals surface area contributed by atoms with E-state index in [-0.39, 0.29) is 6.04 Å². The molecule has 1 unspecified atom stereocenters. The minimum atomic E-state index is -3.43. The topological polar surface area (TPSA) is 61.2 Å². The van der Waals surface area contributed by atoms with Crippen LogP contribution >= 0.6 is 0 Å². The molecule has 76 valence electrons. The third-order valence-electron chi connectivity index (χ3n) is 2.00. The Morgan fingerprint density at radius 1 is 1.46 bits per heavy atom.